The number of halogens is 2. The molecule has 1 aromatic rings. The lowest BCUT2D eigenvalue weighted by atomic mass is 10.1. The number of rotatable bonds is 3. The second kappa shape index (κ2) is 6.60. The van der Waals surface area contributed by atoms with Crippen molar-refractivity contribution in [2.75, 3.05) is 19.0 Å². The summed E-state index contributed by atoms with van der Waals surface area (Å²) in [6, 6.07) is 3.98. The molecule has 0 bridgehead atoms. The maximum absolute atomic E-state index is 12.7. The number of alkyl halides is 1. The minimum absolute atomic E-state index is 0.0651. The Morgan fingerprint density at radius 1 is 1.57 bits per heavy atom. The fourth-order valence-electron chi connectivity index (χ4n) is 2.21. The Morgan fingerprint density at radius 2 is 2.29 bits per heavy atom. The standard InChI is InChI=1S/C13H14Cl2N2O4/c1-8-7-21-9(5-14)6-16(8)13(18)12-10(15)3-2-4-11(12)17(19)20/h2-4,8-9H,5-7H2,1H3. The zero-order chi connectivity index (χ0) is 15.6. The smallest absolute Gasteiger partial charge is 0.283 e. The Bertz CT molecular complexity index is 567. The van der Waals surface area contributed by atoms with Crippen LogP contribution in [0.4, 0.5) is 5.69 Å². The van der Waals surface area contributed by atoms with Crippen molar-refractivity contribution in [1.82, 2.24) is 4.90 Å². The Kier molecular flexibility index (Phi) is 5.03. The van der Waals surface area contributed by atoms with E-state index in [-0.39, 0.29) is 40.8 Å². The van der Waals surface area contributed by atoms with E-state index >= 15 is 0 Å². The van der Waals surface area contributed by atoms with Crippen LogP contribution >= 0.6 is 23.2 Å². The van der Waals surface area contributed by atoms with Gasteiger partial charge in [-0.05, 0) is 13.0 Å². The Morgan fingerprint density at radius 3 is 2.90 bits per heavy atom. The molecule has 0 aromatic heterocycles. The molecule has 2 unspecified atom stereocenters. The predicted molar refractivity (Wildman–Crippen MR) is 79.1 cm³/mol. The van der Waals surface area contributed by atoms with E-state index in [1.165, 1.54) is 23.1 Å². The number of benzene rings is 1. The molecule has 6 nitrogen and oxygen atoms in total. The van der Waals surface area contributed by atoms with E-state index in [9.17, 15) is 14.9 Å². The van der Waals surface area contributed by atoms with Gasteiger partial charge in [0.1, 0.15) is 5.56 Å². The van der Waals surface area contributed by atoms with E-state index < -0.39 is 10.8 Å². The maximum Gasteiger partial charge on any atom is 0.283 e. The zero-order valence-electron chi connectivity index (χ0n) is 11.3. The van der Waals surface area contributed by atoms with Gasteiger partial charge in [-0.3, -0.25) is 14.9 Å². The molecule has 1 amide bonds. The van der Waals surface area contributed by atoms with Gasteiger partial charge in [-0.1, -0.05) is 17.7 Å². The van der Waals surface area contributed by atoms with Gasteiger partial charge in [-0.2, -0.15) is 0 Å². The van der Waals surface area contributed by atoms with Crippen LogP contribution in [0, 0.1) is 10.1 Å². The lowest BCUT2D eigenvalue weighted by molar-refractivity contribution is -0.385. The van der Waals surface area contributed by atoms with Crippen molar-refractivity contribution < 1.29 is 14.5 Å². The first kappa shape index (κ1) is 16.0. The number of nitrogens with zero attached hydrogens (tertiary/aromatic N) is 2. The topological polar surface area (TPSA) is 72.7 Å². The molecule has 114 valence electrons. The van der Waals surface area contributed by atoms with Crippen molar-refractivity contribution in [3.63, 3.8) is 0 Å². The van der Waals surface area contributed by atoms with Crippen molar-refractivity contribution in [2.24, 2.45) is 0 Å². The first-order chi connectivity index (χ1) is 9.95. The molecular formula is C13H14Cl2N2O4. The normalized spacial score (nSPS) is 22.1. The highest BCUT2D eigenvalue weighted by Crippen LogP contribution is 2.29. The van der Waals surface area contributed by atoms with Gasteiger partial charge in [-0.15, -0.1) is 11.6 Å². The van der Waals surface area contributed by atoms with Crippen LogP contribution in [0.3, 0.4) is 0 Å². The Hall–Kier alpha value is -1.37. The monoisotopic (exact) mass is 332 g/mol. The Balaban J connectivity index is 2.37. The molecule has 0 N–H and O–H groups in total. The molecule has 1 heterocycles. The average molecular weight is 333 g/mol. The summed E-state index contributed by atoms with van der Waals surface area (Å²) in [5.74, 6) is -0.223. The van der Waals surface area contributed by atoms with Gasteiger partial charge in [0, 0.05) is 12.6 Å². The van der Waals surface area contributed by atoms with E-state index in [0.29, 0.717) is 6.61 Å². The third kappa shape index (κ3) is 3.28. The molecule has 0 aliphatic carbocycles. The van der Waals surface area contributed by atoms with Gasteiger partial charge in [0.05, 0.1) is 34.6 Å². The lowest BCUT2D eigenvalue weighted by Gasteiger charge is -2.37. The van der Waals surface area contributed by atoms with Crippen LogP contribution in [-0.2, 0) is 4.74 Å². The minimum Gasteiger partial charge on any atom is -0.373 e. The minimum atomic E-state index is -0.608. The molecular weight excluding hydrogens is 319 g/mol. The van der Waals surface area contributed by atoms with Crippen molar-refractivity contribution in [2.45, 2.75) is 19.1 Å². The van der Waals surface area contributed by atoms with E-state index in [1.54, 1.807) is 0 Å². The molecule has 1 aliphatic heterocycles. The van der Waals surface area contributed by atoms with Crippen LogP contribution in [0.5, 0.6) is 0 Å². The second-order valence-electron chi connectivity index (χ2n) is 4.81. The van der Waals surface area contributed by atoms with Crippen molar-refractivity contribution in [1.29, 1.82) is 0 Å². The van der Waals surface area contributed by atoms with Crippen molar-refractivity contribution >= 4 is 34.8 Å². The number of morpholine rings is 1. The number of carbonyl (C=O) groups is 1. The molecule has 1 fully saturated rings. The summed E-state index contributed by atoms with van der Waals surface area (Å²) in [7, 11) is 0. The van der Waals surface area contributed by atoms with E-state index in [4.69, 9.17) is 27.9 Å². The van der Waals surface area contributed by atoms with Crippen LogP contribution in [0.15, 0.2) is 18.2 Å². The summed E-state index contributed by atoms with van der Waals surface area (Å²) in [5.41, 5.74) is -0.389. The summed E-state index contributed by atoms with van der Waals surface area (Å²) in [6.07, 6.45) is -0.284. The predicted octanol–water partition coefficient (Wildman–Crippen LogP) is 2.72. The molecule has 1 saturated heterocycles. The van der Waals surface area contributed by atoms with Gasteiger partial charge in [0.25, 0.3) is 11.6 Å². The average Bonchev–Trinajstić information content (AvgIpc) is 2.46. The number of ether oxygens (including phenoxy) is 1. The molecule has 8 heteroatoms. The summed E-state index contributed by atoms with van der Waals surface area (Å²) < 4.78 is 5.47. The molecule has 1 aromatic carbocycles. The number of nitro groups is 1. The van der Waals surface area contributed by atoms with E-state index in [1.807, 2.05) is 6.92 Å². The zero-order valence-corrected chi connectivity index (χ0v) is 12.8. The van der Waals surface area contributed by atoms with Crippen LogP contribution in [0.25, 0.3) is 0 Å². The number of amides is 1. The highest BCUT2D eigenvalue weighted by atomic mass is 35.5. The maximum atomic E-state index is 12.7. The molecule has 21 heavy (non-hydrogen) atoms. The fourth-order valence-corrected chi connectivity index (χ4v) is 2.65. The quantitative estimate of drug-likeness (QED) is 0.484. The molecule has 0 spiro atoms. The molecule has 2 rings (SSSR count). The van der Waals surface area contributed by atoms with Gasteiger partial charge in [0.15, 0.2) is 0 Å². The largest absolute Gasteiger partial charge is 0.373 e. The van der Waals surface area contributed by atoms with Crippen molar-refractivity contribution in [3.05, 3.63) is 38.9 Å². The van der Waals surface area contributed by atoms with Crippen LogP contribution in [-0.4, -0.2) is 46.9 Å². The lowest BCUT2D eigenvalue weighted by Crippen LogP contribution is -2.51. The van der Waals surface area contributed by atoms with Gasteiger partial charge in [0.2, 0.25) is 0 Å². The van der Waals surface area contributed by atoms with E-state index in [0.717, 1.165) is 0 Å². The molecule has 0 saturated carbocycles. The van der Waals surface area contributed by atoms with Crippen molar-refractivity contribution in [3.8, 4) is 0 Å². The highest BCUT2D eigenvalue weighted by molar-refractivity contribution is 6.34. The van der Waals surface area contributed by atoms with Gasteiger partial charge < -0.3 is 9.64 Å². The summed E-state index contributed by atoms with van der Waals surface area (Å²) in [4.78, 5) is 24.7. The number of nitro benzene ring substituents is 1. The number of hydrogen-bond acceptors (Lipinski definition) is 4. The molecule has 1 aliphatic rings. The second-order valence-corrected chi connectivity index (χ2v) is 5.52. The fraction of sp³-hybridized carbons (Fsp3) is 0.462. The molecule has 2 atom stereocenters. The summed E-state index contributed by atoms with van der Waals surface area (Å²) in [6.45, 7) is 2.43. The highest BCUT2D eigenvalue weighted by Gasteiger charge is 2.34. The van der Waals surface area contributed by atoms with Crippen LogP contribution in [0.2, 0.25) is 5.02 Å². The van der Waals surface area contributed by atoms with Gasteiger partial charge in [-0.25, -0.2) is 0 Å². The van der Waals surface area contributed by atoms with Gasteiger partial charge >= 0.3 is 0 Å². The SMILES string of the molecule is CC1COC(CCl)CN1C(=O)c1c(Cl)cccc1[N+](=O)[O-]. The Labute approximate surface area is 131 Å². The van der Waals surface area contributed by atoms with Crippen LogP contribution < -0.4 is 0 Å². The van der Waals surface area contributed by atoms with E-state index in [2.05, 4.69) is 0 Å². The summed E-state index contributed by atoms with van der Waals surface area (Å²) >= 11 is 11.8. The van der Waals surface area contributed by atoms with Crippen LogP contribution in [0.1, 0.15) is 17.3 Å². The third-order valence-electron chi connectivity index (χ3n) is 3.34. The summed E-state index contributed by atoms with van der Waals surface area (Å²) in [5, 5.41) is 11.2. The first-order valence-electron chi connectivity index (χ1n) is 6.37. The third-order valence-corrected chi connectivity index (χ3v) is 4.00. The number of carbonyl (C=O) groups excluding carboxylic acids is 1. The number of hydrogen-bond donors (Lipinski definition) is 0. The first-order valence-corrected chi connectivity index (χ1v) is 7.28. The molecule has 0 radical (unpaired) electrons.